The molecular formula is C21H20O. The number of aryl methyl sites for hydroxylation is 1. The fourth-order valence-corrected chi connectivity index (χ4v) is 2.94. The van der Waals surface area contributed by atoms with Gasteiger partial charge in [-0.2, -0.15) is 0 Å². The zero-order valence-electron chi connectivity index (χ0n) is 12.8. The Hall–Kier alpha value is -2.54. The third-order valence-electron chi connectivity index (χ3n) is 3.91. The molecule has 0 aliphatic rings. The average Bonchev–Trinajstić information content (AvgIpc) is 2.58. The van der Waals surface area contributed by atoms with Crippen LogP contribution in [0.2, 0.25) is 0 Å². The molecule has 0 heterocycles. The van der Waals surface area contributed by atoms with Gasteiger partial charge in [0.1, 0.15) is 5.75 Å². The second-order valence-electron chi connectivity index (χ2n) is 5.48. The van der Waals surface area contributed by atoms with E-state index in [1.54, 1.807) is 0 Å². The van der Waals surface area contributed by atoms with Gasteiger partial charge in [0.05, 0.1) is 0 Å². The Kier molecular flexibility index (Phi) is 4.24. The smallest absolute Gasteiger partial charge is 0.124 e. The third kappa shape index (κ3) is 2.75. The number of hydrogen-bond acceptors (Lipinski definition) is 1. The van der Waals surface area contributed by atoms with Crippen LogP contribution in [0.25, 0.3) is 22.3 Å². The van der Waals surface area contributed by atoms with Gasteiger partial charge >= 0.3 is 0 Å². The summed E-state index contributed by atoms with van der Waals surface area (Å²) in [5.74, 6) is 0.338. The molecule has 3 rings (SSSR count). The molecule has 0 unspecified atom stereocenters. The standard InChI is InChI=1S/C21H20O/c1-2-9-16-14-15-19(22)21(18-12-7-4-8-13-18)20(16)17-10-5-3-6-11-17/h3-8,10-15,22H,2,9H2,1H3. The molecule has 1 heteroatoms. The van der Waals surface area contributed by atoms with Crippen LogP contribution in [-0.4, -0.2) is 5.11 Å². The Labute approximate surface area is 131 Å². The molecule has 0 saturated carbocycles. The molecule has 0 atom stereocenters. The summed E-state index contributed by atoms with van der Waals surface area (Å²) in [6.07, 6.45) is 2.09. The maximum Gasteiger partial charge on any atom is 0.124 e. The summed E-state index contributed by atoms with van der Waals surface area (Å²) >= 11 is 0. The van der Waals surface area contributed by atoms with Gasteiger partial charge < -0.3 is 5.11 Å². The summed E-state index contributed by atoms with van der Waals surface area (Å²) in [6.45, 7) is 2.18. The van der Waals surface area contributed by atoms with Crippen molar-refractivity contribution in [2.24, 2.45) is 0 Å². The molecule has 0 bridgehead atoms. The Morgan fingerprint density at radius 3 is 1.77 bits per heavy atom. The second-order valence-corrected chi connectivity index (χ2v) is 5.48. The highest BCUT2D eigenvalue weighted by molar-refractivity contribution is 5.89. The van der Waals surface area contributed by atoms with Gasteiger partial charge in [-0.25, -0.2) is 0 Å². The van der Waals surface area contributed by atoms with Crippen LogP contribution in [0.15, 0.2) is 72.8 Å². The molecule has 0 saturated heterocycles. The average molecular weight is 288 g/mol. The second kappa shape index (κ2) is 6.48. The lowest BCUT2D eigenvalue weighted by molar-refractivity contribution is 0.477. The van der Waals surface area contributed by atoms with Crippen molar-refractivity contribution in [2.75, 3.05) is 0 Å². The van der Waals surface area contributed by atoms with Crippen molar-refractivity contribution in [3.05, 3.63) is 78.4 Å². The quantitative estimate of drug-likeness (QED) is 0.655. The van der Waals surface area contributed by atoms with Crippen LogP contribution in [0.1, 0.15) is 18.9 Å². The highest BCUT2D eigenvalue weighted by Gasteiger charge is 2.15. The summed E-state index contributed by atoms with van der Waals surface area (Å²) in [5.41, 5.74) is 5.56. The maximum atomic E-state index is 10.5. The Morgan fingerprint density at radius 1 is 0.682 bits per heavy atom. The Balaban J connectivity index is 2.30. The monoisotopic (exact) mass is 288 g/mol. The van der Waals surface area contributed by atoms with Crippen molar-refractivity contribution < 1.29 is 5.11 Å². The molecule has 0 radical (unpaired) electrons. The van der Waals surface area contributed by atoms with Gasteiger partial charge in [0.15, 0.2) is 0 Å². The lowest BCUT2D eigenvalue weighted by Crippen LogP contribution is -1.94. The summed E-state index contributed by atoms with van der Waals surface area (Å²) in [6, 6.07) is 24.3. The number of phenolic OH excluding ortho intramolecular Hbond substituents is 1. The van der Waals surface area contributed by atoms with Gasteiger partial charge in [-0.1, -0.05) is 80.1 Å². The van der Waals surface area contributed by atoms with Crippen molar-refractivity contribution in [1.29, 1.82) is 0 Å². The van der Waals surface area contributed by atoms with Gasteiger partial charge in [0.2, 0.25) is 0 Å². The molecule has 1 N–H and O–H groups in total. The van der Waals surface area contributed by atoms with E-state index < -0.39 is 0 Å². The molecular weight excluding hydrogens is 268 g/mol. The van der Waals surface area contributed by atoms with Gasteiger partial charge in [-0.15, -0.1) is 0 Å². The van der Waals surface area contributed by atoms with Crippen LogP contribution in [0.3, 0.4) is 0 Å². The Morgan fingerprint density at radius 2 is 1.23 bits per heavy atom. The molecule has 0 fully saturated rings. The minimum atomic E-state index is 0.338. The van der Waals surface area contributed by atoms with Crippen molar-refractivity contribution in [3.63, 3.8) is 0 Å². The first kappa shape index (κ1) is 14.4. The highest BCUT2D eigenvalue weighted by atomic mass is 16.3. The molecule has 0 aliphatic carbocycles. The van der Waals surface area contributed by atoms with Gasteiger partial charge in [0, 0.05) is 5.56 Å². The minimum absolute atomic E-state index is 0.338. The first-order chi connectivity index (χ1) is 10.8. The van der Waals surface area contributed by atoms with Crippen molar-refractivity contribution in [1.82, 2.24) is 0 Å². The van der Waals surface area contributed by atoms with Crippen LogP contribution >= 0.6 is 0 Å². The van der Waals surface area contributed by atoms with Gasteiger partial charge in [0.25, 0.3) is 0 Å². The fraction of sp³-hybridized carbons (Fsp3) is 0.143. The number of rotatable bonds is 4. The van der Waals surface area contributed by atoms with E-state index in [2.05, 4.69) is 31.2 Å². The lowest BCUT2D eigenvalue weighted by Gasteiger charge is -2.17. The molecule has 3 aromatic rings. The van der Waals surface area contributed by atoms with Crippen molar-refractivity contribution in [3.8, 4) is 28.0 Å². The highest BCUT2D eigenvalue weighted by Crippen LogP contribution is 2.41. The van der Waals surface area contributed by atoms with Crippen molar-refractivity contribution >= 4 is 0 Å². The molecule has 0 spiro atoms. The Bertz CT molecular complexity index is 746. The van der Waals surface area contributed by atoms with Crippen LogP contribution in [-0.2, 0) is 6.42 Å². The number of hydrogen-bond donors (Lipinski definition) is 1. The fourth-order valence-electron chi connectivity index (χ4n) is 2.94. The lowest BCUT2D eigenvalue weighted by atomic mass is 9.88. The first-order valence-electron chi connectivity index (χ1n) is 7.77. The van der Waals surface area contributed by atoms with E-state index in [1.165, 1.54) is 5.56 Å². The molecule has 3 aromatic carbocycles. The minimum Gasteiger partial charge on any atom is -0.507 e. The van der Waals surface area contributed by atoms with E-state index in [-0.39, 0.29) is 0 Å². The van der Waals surface area contributed by atoms with E-state index in [0.717, 1.165) is 35.1 Å². The summed E-state index contributed by atoms with van der Waals surface area (Å²) in [4.78, 5) is 0. The largest absolute Gasteiger partial charge is 0.507 e. The first-order valence-corrected chi connectivity index (χ1v) is 7.77. The summed E-state index contributed by atoms with van der Waals surface area (Å²) < 4.78 is 0. The molecule has 110 valence electrons. The zero-order chi connectivity index (χ0) is 15.4. The van der Waals surface area contributed by atoms with E-state index in [4.69, 9.17) is 0 Å². The normalized spacial score (nSPS) is 10.6. The van der Waals surface area contributed by atoms with Crippen molar-refractivity contribution in [2.45, 2.75) is 19.8 Å². The van der Waals surface area contributed by atoms with E-state index >= 15 is 0 Å². The molecule has 0 amide bonds. The van der Waals surface area contributed by atoms with E-state index in [9.17, 15) is 5.11 Å². The predicted molar refractivity (Wildman–Crippen MR) is 93.0 cm³/mol. The maximum absolute atomic E-state index is 10.5. The van der Waals surface area contributed by atoms with E-state index in [0.29, 0.717) is 5.75 Å². The number of aromatic hydroxyl groups is 1. The number of benzene rings is 3. The molecule has 22 heavy (non-hydrogen) atoms. The molecule has 1 nitrogen and oxygen atoms in total. The topological polar surface area (TPSA) is 20.2 Å². The molecule has 0 aromatic heterocycles. The molecule has 0 aliphatic heterocycles. The zero-order valence-corrected chi connectivity index (χ0v) is 12.8. The van der Waals surface area contributed by atoms with Gasteiger partial charge in [-0.3, -0.25) is 0 Å². The van der Waals surface area contributed by atoms with Gasteiger partial charge in [-0.05, 0) is 34.7 Å². The van der Waals surface area contributed by atoms with Crippen LogP contribution in [0.4, 0.5) is 0 Å². The third-order valence-corrected chi connectivity index (χ3v) is 3.91. The van der Waals surface area contributed by atoms with Crippen LogP contribution < -0.4 is 0 Å². The summed E-state index contributed by atoms with van der Waals surface area (Å²) in [5, 5.41) is 10.5. The predicted octanol–water partition coefficient (Wildman–Crippen LogP) is 5.68. The SMILES string of the molecule is CCCc1ccc(O)c(-c2ccccc2)c1-c1ccccc1. The number of phenols is 1. The van der Waals surface area contributed by atoms with Crippen LogP contribution in [0.5, 0.6) is 5.75 Å². The van der Waals surface area contributed by atoms with E-state index in [1.807, 2.05) is 48.5 Å². The summed E-state index contributed by atoms with van der Waals surface area (Å²) in [7, 11) is 0. The van der Waals surface area contributed by atoms with Crippen LogP contribution in [0, 0.1) is 0 Å².